The van der Waals surface area contributed by atoms with Crippen molar-refractivity contribution in [2.45, 2.75) is 25.6 Å². The molecule has 1 saturated heterocycles. The first kappa shape index (κ1) is 22.6. The summed E-state index contributed by atoms with van der Waals surface area (Å²) in [7, 11) is 1.67. The lowest BCUT2D eigenvalue weighted by Crippen LogP contribution is -2.29. The van der Waals surface area contributed by atoms with Crippen molar-refractivity contribution in [1.82, 2.24) is 15.2 Å². The van der Waals surface area contributed by atoms with Gasteiger partial charge in [0, 0.05) is 22.8 Å². The summed E-state index contributed by atoms with van der Waals surface area (Å²) < 4.78 is 12.8. The molecule has 2 aromatic heterocycles. The van der Waals surface area contributed by atoms with Gasteiger partial charge in [0.15, 0.2) is 5.11 Å². The average Bonchev–Trinajstić information content (AvgIpc) is 3.45. The maximum Gasteiger partial charge on any atom is 0.170 e. The molecule has 172 valence electrons. The second-order valence-corrected chi connectivity index (χ2v) is 9.53. The first-order valence-corrected chi connectivity index (χ1v) is 12.2. The van der Waals surface area contributed by atoms with Crippen LogP contribution in [0.1, 0.15) is 34.7 Å². The average molecular weight is 534 g/mol. The molecule has 7 heteroatoms. The molecule has 34 heavy (non-hydrogen) atoms. The number of furan rings is 1. The summed E-state index contributed by atoms with van der Waals surface area (Å²) in [5.41, 5.74) is 4.25. The molecule has 0 bridgehead atoms. The topological polar surface area (TPSA) is 50.5 Å². The van der Waals surface area contributed by atoms with Crippen molar-refractivity contribution < 1.29 is 9.15 Å². The minimum Gasteiger partial charge on any atom is -0.497 e. The van der Waals surface area contributed by atoms with Gasteiger partial charge in [0.05, 0.1) is 18.8 Å². The van der Waals surface area contributed by atoms with Crippen LogP contribution in [-0.2, 0) is 6.54 Å². The van der Waals surface area contributed by atoms with E-state index in [1.807, 2.05) is 42.5 Å². The van der Waals surface area contributed by atoms with Crippen molar-refractivity contribution in [3.05, 3.63) is 106 Å². The molecular weight excluding hydrogens is 510 g/mol. The smallest absolute Gasteiger partial charge is 0.170 e. The van der Waals surface area contributed by atoms with Crippen LogP contribution in [-0.4, -0.2) is 22.1 Å². The Morgan fingerprint density at radius 2 is 1.91 bits per heavy atom. The second kappa shape index (κ2) is 9.60. The molecule has 1 N–H and O–H groups in total. The maximum atomic E-state index is 6.46. The van der Waals surface area contributed by atoms with Gasteiger partial charge in [-0.1, -0.05) is 40.2 Å². The predicted molar refractivity (Wildman–Crippen MR) is 141 cm³/mol. The highest BCUT2D eigenvalue weighted by Gasteiger charge is 2.41. The number of nitrogens with zero attached hydrogens (tertiary/aromatic N) is 2. The molecular formula is C27H24BrN3O2S. The molecule has 4 aromatic rings. The van der Waals surface area contributed by atoms with Crippen molar-refractivity contribution in [3.63, 3.8) is 0 Å². The first-order chi connectivity index (χ1) is 16.5. The summed E-state index contributed by atoms with van der Waals surface area (Å²) in [6.07, 6.45) is 1.81. The van der Waals surface area contributed by atoms with E-state index >= 15 is 0 Å². The van der Waals surface area contributed by atoms with Gasteiger partial charge in [0.2, 0.25) is 0 Å². The predicted octanol–water partition coefficient (Wildman–Crippen LogP) is 6.59. The summed E-state index contributed by atoms with van der Waals surface area (Å²) >= 11 is 9.47. The summed E-state index contributed by atoms with van der Waals surface area (Å²) in [5, 5.41) is 4.15. The van der Waals surface area contributed by atoms with Crippen LogP contribution < -0.4 is 10.1 Å². The van der Waals surface area contributed by atoms with Gasteiger partial charge in [-0.15, -0.1) is 0 Å². The number of hydrogen-bond acceptors (Lipinski definition) is 4. The molecule has 1 fully saturated rings. The normalized spacial score (nSPS) is 17.6. The molecule has 2 atom stereocenters. The fourth-order valence-corrected chi connectivity index (χ4v) is 5.28. The van der Waals surface area contributed by atoms with Crippen LogP contribution in [0.4, 0.5) is 0 Å². The zero-order chi connectivity index (χ0) is 23.7. The van der Waals surface area contributed by atoms with Gasteiger partial charge in [-0.3, -0.25) is 4.98 Å². The third-order valence-electron chi connectivity index (χ3n) is 6.02. The van der Waals surface area contributed by atoms with Gasteiger partial charge < -0.3 is 19.4 Å². The van der Waals surface area contributed by atoms with E-state index in [1.54, 1.807) is 13.3 Å². The number of nitrogens with one attached hydrogen (secondary N) is 1. The third-order valence-corrected chi connectivity index (χ3v) is 7.03. The van der Waals surface area contributed by atoms with Crippen LogP contribution in [0.2, 0.25) is 0 Å². The highest BCUT2D eigenvalue weighted by molar-refractivity contribution is 9.10. The van der Waals surface area contributed by atoms with Crippen LogP contribution in [0.25, 0.3) is 11.3 Å². The minimum absolute atomic E-state index is 0.132. The first-order valence-electron chi connectivity index (χ1n) is 11.0. The van der Waals surface area contributed by atoms with E-state index in [-0.39, 0.29) is 12.1 Å². The van der Waals surface area contributed by atoms with Crippen LogP contribution in [0.3, 0.4) is 0 Å². The monoisotopic (exact) mass is 533 g/mol. The Morgan fingerprint density at radius 1 is 1.09 bits per heavy atom. The fraction of sp³-hybridized carbons (Fsp3) is 0.185. The second-order valence-electron chi connectivity index (χ2n) is 8.29. The summed E-state index contributed by atoms with van der Waals surface area (Å²) in [5.74, 6) is 2.47. The fourth-order valence-electron chi connectivity index (χ4n) is 4.29. The number of ether oxygens (including phenoxy) is 1. The van der Waals surface area contributed by atoms with Crippen molar-refractivity contribution in [3.8, 4) is 17.1 Å². The van der Waals surface area contributed by atoms with Crippen molar-refractivity contribution in [2.75, 3.05) is 7.11 Å². The molecule has 0 spiro atoms. The van der Waals surface area contributed by atoms with Crippen LogP contribution in [0.5, 0.6) is 5.75 Å². The molecule has 0 saturated carbocycles. The molecule has 2 aromatic carbocycles. The highest BCUT2D eigenvalue weighted by Crippen LogP contribution is 2.42. The summed E-state index contributed by atoms with van der Waals surface area (Å²) in [6.45, 7) is 2.70. The molecule has 0 aliphatic carbocycles. The number of methoxy groups -OCH3 is 1. The number of halogens is 1. The molecule has 1 aliphatic heterocycles. The Balaban J connectivity index is 1.52. The van der Waals surface area contributed by atoms with Crippen molar-refractivity contribution >= 4 is 33.3 Å². The summed E-state index contributed by atoms with van der Waals surface area (Å²) in [4.78, 5) is 6.78. The van der Waals surface area contributed by atoms with E-state index in [4.69, 9.17) is 21.4 Å². The summed E-state index contributed by atoms with van der Waals surface area (Å²) in [6, 6.07) is 24.0. The Kier molecular flexibility index (Phi) is 6.39. The number of thiocarbonyl (C=S) groups is 1. The van der Waals surface area contributed by atoms with E-state index in [9.17, 15) is 0 Å². The van der Waals surface area contributed by atoms with Gasteiger partial charge in [0.25, 0.3) is 0 Å². The molecule has 5 rings (SSSR count). The van der Waals surface area contributed by atoms with Gasteiger partial charge in [-0.2, -0.15) is 0 Å². The SMILES string of the molecule is COc1ccc(CN2C(=S)N[C@H](c3ccccn3)[C@H]2c2ccc(-c3ccc(C)cc3Br)o2)cc1. The highest BCUT2D eigenvalue weighted by atomic mass is 79.9. The Morgan fingerprint density at radius 3 is 2.62 bits per heavy atom. The molecule has 5 nitrogen and oxygen atoms in total. The molecule has 0 unspecified atom stereocenters. The number of hydrogen-bond donors (Lipinski definition) is 1. The Labute approximate surface area is 212 Å². The van der Waals surface area contributed by atoms with Crippen molar-refractivity contribution in [1.29, 1.82) is 0 Å². The van der Waals surface area contributed by atoms with Crippen molar-refractivity contribution in [2.24, 2.45) is 0 Å². The van der Waals surface area contributed by atoms with Gasteiger partial charge in [-0.25, -0.2) is 0 Å². The lowest BCUT2D eigenvalue weighted by Gasteiger charge is -2.26. The van der Waals surface area contributed by atoms with Crippen LogP contribution in [0.15, 0.2) is 87.9 Å². The largest absolute Gasteiger partial charge is 0.497 e. The molecule has 3 heterocycles. The molecule has 0 amide bonds. The Hall–Kier alpha value is -3.16. The molecule has 1 aliphatic rings. The number of pyridine rings is 1. The number of aromatic nitrogens is 1. The maximum absolute atomic E-state index is 6.46. The van der Waals surface area contributed by atoms with E-state index in [0.29, 0.717) is 11.7 Å². The van der Waals surface area contributed by atoms with E-state index < -0.39 is 0 Å². The lowest BCUT2D eigenvalue weighted by molar-refractivity contribution is 0.269. The van der Waals surface area contributed by atoms with E-state index in [1.165, 1.54) is 5.56 Å². The van der Waals surface area contributed by atoms with Gasteiger partial charge in [-0.05, 0) is 78.8 Å². The lowest BCUT2D eigenvalue weighted by atomic mass is 10.0. The van der Waals surface area contributed by atoms with E-state index in [2.05, 4.69) is 68.4 Å². The zero-order valence-electron chi connectivity index (χ0n) is 18.9. The zero-order valence-corrected chi connectivity index (χ0v) is 21.3. The van der Waals surface area contributed by atoms with Crippen LogP contribution >= 0.6 is 28.1 Å². The number of aryl methyl sites for hydroxylation is 1. The minimum atomic E-state index is -0.150. The van der Waals surface area contributed by atoms with Gasteiger partial charge in [0.1, 0.15) is 23.3 Å². The van der Waals surface area contributed by atoms with Crippen LogP contribution in [0, 0.1) is 6.92 Å². The Bertz CT molecular complexity index is 1310. The quantitative estimate of drug-likeness (QED) is 0.282. The molecule has 0 radical (unpaired) electrons. The third kappa shape index (κ3) is 4.45. The number of rotatable bonds is 6. The van der Waals surface area contributed by atoms with E-state index in [0.717, 1.165) is 38.6 Å². The van der Waals surface area contributed by atoms with Gasteiger partial charge >= 0.3 is 0 Å². The standard InChI is InChI=1S/C27H24BrN3O2S/c1-17-6-11-20(21(28)15-17)23-12-13-24(33-23)26-25(22-5-3-4-14-29-22)30-27(34)31(26)16-18-7-9-19(32-2)10-8-18/h3-15,25-26H,16H2,1-2H3,(H,30,34)/t25-,26-/m1/s1. The number of benzene rings is 2.